The number of nitrogens with one attached hydrogen (secondary N) is 2. The second-order valence-corrected chi connectivity index (χ2v) is 7.37. The third kappa shape index (κ3) is 4.85. The molecular formula is C18H22N4O2S. The second-order valence-electron chi connectivity index (χ2n) is 6.39. The zero-order valence-electron chi connectivity index (χ0n) is 14.2. The molecule has 2 aromatic rings. The Morgan fingerprint density at radius 3 is 2.20 bits per heavy atom. The highest BCUT2D eigenvalue weighted by atomic mass is 32.1. The maximum absolute atomic E-state index is 12.3. The van der Waals surface area contributed by atoms with Crippen LogP contribution in [0.5, 0.6) is 0 Å². The summed E-state index contributed by atoms with van der Waals surface area (Å²) in [6, 6.07) is 7.69. The van der Waals surface area contributed by atoms with Gasteiger partial charge in [-0.3, -0.25) is 9.59 Å². The summed E-state index contributed by atoms with van der Waals surface area (Å²) in [4.78, 5) is 24.6. The van der Waals surface area contributed by atoms with Gasteiger partial charge >= 0.3 is 0 Å². The summed E-state index contributed by atoms with van der Waals surface area (Å²) in [6.07, 6.45) is 6.76. The lowest BCUT2D eigenvalue weighted by Crippen LogP contribution is -2.34. The molecule has 0 saturated heterocycles. The van der Waals surface area contributed by atoms with Gasteiger partial charge in [0.05, 0.1) is 0 Å². The molecule has 1 aromatic carbocycles. The van der Waals surface area contributed by atoms with Gasteiger partial charge in [0.1, 0.15) is 0 Å². The predicted octanol–water partition coefficient (Wildman–Crippen LogP) is 3.55. The average Bonchev–Trinajstić information content (AvgIpc) is 2.97. The van der Waals surface area contributed by atoms with E-state index in [0.29, 0.717) is 5.69 Å². The third-order valence-corrected chi connectivity index (χ3v) is 5.23. The van der Waals surface area contributed by atoms with Crippen LogP contribution in [0, 0.1) is 6.92 Å². The molecular weight excluding hydrogens is 336 g/mol. The highest BCUT2D eigenvalue weighted by Gasteiger charge is 2.21. The lowest BCUT2D eigenvalue weighted by molar-refractivity contribution is 0.0931. The third-order valence-electron chi connectivity index (χ3n) is 4.31. The smallest absolute Gasteiger partial charge is 0.286 e. The van der Waals surface area contributed by atoms with Gasteiger partial charge in [0.15, 0.2) is 0 Å². The first-order chi connectivity index (χ1) is 12.1. The Balaban J connectivity index is 1.59. The molecule has 6 nitrogen and oxygen atoms in total. The Morgan fingerprint density at radius 2 is 1.56 bits per heavy atom. The van der Waals surface area contributed by atoms with Crippen molar-refractivity contribution in [3.8, 4) is 0 Å². The summed E-state index contributed by atoms with van der Waals surface area (Å²) in [7, 11) is 0. The molecule has 1 aliphatic carbocycles. The molecule has 1 heterocycles. The first kappa shape index (κ1) is 17.5. The van der Waals surface area contributed by atoms with Crippen molar-refractivity contribution in [1.82, 2.24) is 15.5 Å². The Hall–Kier alpha value is -2.28. The largest absolute Gasteiger partial charge is 0.347 e. The highest BCUT2D eigenvalue weighted by molar-refractivity contribution is 7.15. The summed E-state index contributed by atoms with van der Waals surface area (Å²) in [5, 5.41) is 13.9. The number of anilines is 1. The quantitative estimate of drug-likeness (QED) is 0.819. The number of carbonyl (C=O) groups is 2. The number of hydrogen-bond donors (Lipinski definition) is 2. The van der Waals surface area contributed by atoms with E-state index in [1.807, 2.05) is 31.2 Å². The Kier molecular flexibility index (Phi) is 5.75. The molecule has 0 spiro atoms. The van der Waals surface area contributed by atoms with Crippen molar-refractivity contribution in [3.63, 3.8) is 0 Å². The van der Waals surface area contributed by atoms with Crippen LogP contribution in [0.15, 0.2) is 24.3 Å². The first-order valence-corrected chi connectivity index (χ1v) is 9.46. The number of nitrogens with zero attached hydrogens (tertiary/aromatic N) is 2. The molecule has 2 N–H and O–H groups in total. The minimum atomic E-state index is -0.352. The van der Waals surface area contributed by atoms with Crippen LogP contribution in [0.4, 0.5) is 5.69 Å². The summed E-state index contributed by atoms with van der Waals surface area (Å²) < 4.78 is 0. The molecule has 132 valence electrons. The van der Waals surface area contributed by atoms with Gasteiger partial charge in [0, 0.05) is 11.7 Å². The number of benzene rings is 1. The number of rotatable bonds is 4. The standard InChI is InChI=1S/C18H22N4O2S/c1-12-8-10-14(11-9-12)20-16(24)18-22-21-17(25-18)15(23)19-13-6-4-2-3-5-7-13/h8-11,13H,2-7H2,1H3,(H,19,23)(H,20,24). The van der Waals surface area contributed by atoms with Gasteiger partial charge in [0.25, 0.3) is 11.8 Å². The van der Waals surface area contributed by atoms with Crippen LogP contribution in [0.25, 0.3) is 0 Å². The molecule has 0 unspecified atom stereocenters. The molecule has 0 radical (unpaired) electrons. The molecule has 1 aromatic heterocycles. The van der Waals surface area contributed by atoms with Crippen molar-refractivity contribution in [1.29, 1.82) is 0 Å². The lowest BCUT2D eigenvalue weighted by Gasteiger charge is -2.14. The van der Waals surface area contributed by atoms with E-state index in [0.717, 1.165) is 42.6 Å². The van der Waals surface area contributed by atoms with Gasteiger partial charge in [-0.2, -0.15) is 0 Å². The van der Waals surface area contributed by atoms with Crippen molar-refractivity contribution < 1.29 is 9.59 Å². The minimum Gasteiger partial charge on any atom is -0.347 e. The van der Waals surface area contributed by atoms with Crippen molar-refractivity contribution in [2.45, 2.75) is 51.5 Å². The van der Waals surface area contributed by atoms with E-state index in [4.69, 9.17) is 0 Å². The fraction of sp³-hybridized carbons (Fsp3) is 0.444. The Morgan fingerprint density at radius 1 is 0.960 bits per heavy atom. The molecule has 0 bridgehead atoms. The van der Waals surface area contributed by atoms with Gasteiger partial charge in [-0.25, -0.2) is 0 Å². The zero-order chi connectivity index (χ0) is 17.6. The van der Waals surface area contributed by atoms with Gasteiger partial charge in [0.2, 0.25) is 10.0 Å². The number of carbonyl (C=O) groups excluding carboxylic acids is 2. The van der Waals surface area contributed by atoms with Crippen LogP contribution in [0.2, 0.25) is 0 Å². The summed E-state index contributed by atoms with van der Waals surface area (Å²) in [5.41, 5.74) is 1.81. The molecule has 1 fully saturated rings. The molecule has 0 aliphatic heterocycles. The van der Waals surface area contributed by atoms with Crippen molar-refractivity contribution in [3.05, 3.63) is 39.8 Å². The molecule has 3 rings (SSSR count). The summed E-state index contributed by atoms with van der Waals surface area (Å²) >= 11 is 1.02. The Bertz CT molecular complexity index is 734. The van der Waals surface area contributed by atoms with Crippen LogP contribution < -0.4 is 10.6 Å². The van der Waals surface area contributed by atoms with Crippen LogP contribution in [-0.4, -0.2) is 28.1 Å². The highest BCUT2D eigenvalue weighted by Crippen LogP contribution is 2.19. The Labute approximate surface area is 151 Å². The van der Waals surface area contributed by atoms with Crippen molar-refractivity contribution in [2.24, 2.45) is 0 Å². The van der Waals surface area contributed by atoms with Gasteiger partial charge in [-0.1, -0.05) is 54.7 Å². The first-order valence-electron chi connectivity index (χ1n) is 8.64. The van der Waals surface area contributed by atoms with Gasteiger partial charge < -0.3 is 10.6 Å². The second kappa shape index (κ2) is 8.20. The van der Waals surface area contributed by atoms with E-state index < -0.39 is 0 Å². The van der Waals surface area contributed by atoms with Crippen molar-refractivity contribution >= 4 is 28.8 Å². The fourth-order valence-corrected chi connectivity index (χ4v) is 3.54. The SMILES string of the molecule is Cc1ccc(NC(=O)c2nnc(C(=O)NC3CCCCCC3)s2)cc1. The van der Waals surface area contributed by atoms with E-state index in [1.165, 1.54) is 12.8 Å². The topological polar surface area (TPSA) is 84.0 Å². The molecule has 25 heavy (non-hydrogen) atoms. The van der Waals surface area contributed by atoms with E-state index in [2.05, 4.69) is 20.8 Å². The maximum atomic E-state index is 12.3. The summed E-state index contributed by atoms with van der Waals surface area (Å²) in [5.74, 6) is -0.589. The average molecular weight is 358 g/mol. The monoisotopic (exact) mass is 358 g/mol. The van der Waals surface area contributed by atoms with Gasteiger partial charge in [-0.15, -0.1) is 10.2 Å². The van der Waals surface area contributed by atoms with E-state index in [-0.39, 0.29) is 27.9 Å². The predicted molar refractivity (Wildman–Crippen MR) is 98.0 cm³/mol. The number of hydrogen-bond acceptors (Lipinski definition) is 5. The molecule has 0 atom stereocenters. The van der Waals surface area contributed by atoms with Crippen LogP contribution >= 0.6 is 11.3 Å². The van der Waals surface area contributed by atoms with E-state index >= 15 is 0 Å². The lowest BCUT2D eigenvalue weighted by atomic mass is 10.1. The minimum absolute atomic E-state index is 0.187. The number of amides is 2. The maximum Gasteiger partial charge on any atom is 0.286 e. The molecule has 1 aliphatic rings. The molecule has 2 amide bonds. The van der Waals surface area contributed by atoms with Crippen LogP contribution in [0.1, 0.15) is 63.7 Å². The zero-order valence-corrected chi connectivity index (χ0v) is 15.1. The molecule has 7 heteroatoms. The van der Waals surface area contributed by atoms with E-state index in [1.54, 1.807) is 0 Å². The van der Waals surface area contributed by atoms with Crippen LogP contribution in [0.3, 0.4) is 0 Å². The number of aryl methyl sites for hydroxylation is 1. The number of aromatic nitrogens is 2. The fourth-order valence-electron chi connectivity index (χ4n) is 2.90. The van der Waals surface area contributed by atoms with Crippen LogP contribution in [-0.2, 0) is 0 Å². The molecule has 1 saturated carbocycles. The van der Waals surface area contributed by atoms with E-state index in [9.17, 15) is 9.59 Å². The van der Waals surface area contributed by atoms with Crippen molar-refractivity contribution in [2.75, 3.05) is 5.32 Å². The van der Waals surface area contributed by atoms with Gasteiger partial charge in [-0.05, 0) is 31.9 Å². The normalized spacial score (nSPS) is 15.4. The summed E-state index contributed by atoms with van der Waals surface area (Å²) in [6.45, 7) is 1.98.